The van der Waals surface area contributed by atoms with Crippen molar-refractivity contribution in [2.45, 2.75) is 32.6 Å². The maximum Gasteiger partial charge on any atom is 0.0503 e. The van der Waals surface area contributed by atoms with Gasteiger partial charge in [0.1, 0.15) is 0 Å². The number of methoxy groups -OCH3 is 1. The molecule has 16 heavy (non-hydrogen) atoms. The van der Waals surface area contributed by atoms with E-state index in [1.54, 1.807) is 0 Å². The van der Waals surface area contributed by atoms with E-state index in [1.807, 2.05) is 7.11 Å². The summed E-state index contributed by atoms with van der Waals surface area (Å²) in [4.78, 5) is 2.59. The normalized spacial score (nSPS) is 21.8. The molecule has 0 aromatic carbocycles. The number of nitrogens with zero attached hydrogens (tertiary/aromatic N) is 1. The number of rotatable bonds is 9. The van der Waals surface area contributed by atoms with Crippen LogP contribution in [0.25, 0.3) is 0 Å². The fraction of sp³-hybridized carbons (Fsp3) is 1.00. The maximum absolute atomic E-state index is 5.21. The Morgan fingerprint density at radius 1 is 1.31 bits per heavy atom. The highest BCUT2D eigenvalue weighted by atomic mass is 16.5. The van der Waals surface area contributed by atoms with Gasteiger partial charge in [0.2, 0.25) is 0 Å². The minimum atomic E-state index is 0.781. The maximum atomic E-state index is 5.21. The predicted molar refractivity (Wildman–Crippen MR) is 68.8 cm³/mol. The first-order valence-electron chi connectivity index (χ1n) is 6.78. The van der Waals surface area contributed by atoms with Crippen molar-refractivity contribution in [1.29, 1.82) is 0 Å². The van der Waals surface area contributed by atoms with Crippen LogP contribution < -0.4 is 5.32 Å². The van der Waals surface area contributed by atoms with E-state index in [4.69, 9.17) is 4.74 Å². The molecule has 0 spiro atoms. The molecule has 0 aliphatic carbocycles. The van der Waals surface area contributed by atoms with E-state index in [9.17, 15) is 0 Å². The van der Waals surface area contributed by atoms with Crippen LogP contribution >= 0.6 is 0 Å². The van der Waals surface area contributed by atoms with Gasteiger partial charge in [0.05, 0.1) is 6.61 Å². The third-order valence-electron chi connectivity index (χ3n) is 3.28. The highest BCUT2D eigenvalue weighted by molar-refractivity contribution is 4.75. The highest BCUT2D eigenvalue weighted by Crippen LogP contribution is 2.16. The fourth-order valence-electron chi connectivity index (χ4n) is 2.37. The van der Waals surface area contributed by atoms with Gasteiger partial charge in [-0.05, 0) is 57.8 Å². The average molecular weight is 228 g/mol. The smallest absolute Gasteiger partial charge is 0.0503 e. The molecule has 0 bridgehead atoms. The van der Waals surface area contributed by atoms with E-state index < -0.39 is 0 Å². The molecule has 0 amide bonds. The quantitative estimate of drug-likeness (QED) is 0.608. The van der Waals surface area contributed by atoms with Gasteiger partial charge in [-0.15, -0.1) is 0 Å². The van der Waals surface area contributed by atoms with Gasteiger partial charge in [-0.3, -0.25) is 0 Å². The van der Waals surface area contributed by atoms with Gasteiger partial charge in [-0.1, -0.05) is 6.92 Å². The molecule has 0 saturated carbocycles. The van der Waals surface area contributed by atoms with Gasteiger partial charge in [-0.25, -0.2) is 0 Å². The van der Waals surface area contributed by atoms with E-state index in [0.717, 1.165) is 12.5 Å². The number of hydrogen-bond donors (Lipinski definition) is 1. The molecule has 3 nitrogen and oxygen atoms in total. The Balaban J connectivity index is 1.90. The van der Waals surface area contributed by atoms with Gasteiger partial charge in [0.15, 0.2) is 0 Å². The fourth-order valence-corrected chi connectivity index (χ4v) is 2.37. The summed E-state index contributed by atoms with van der Waals surface area (Å²) in [6, 6.07) is 0. The van der Waals surface area contributed by atoms with Crippen molar-refractivity contribution in [2.75, 3.05) is 46.4 Å². The van der Waals surface area contributed by atoms with Gasteiger partial charge >= 0.3 is 0 Å². The third kappa shape index (κ3) is 5.83. The summed E-state index contributed by atoms with van der Waals surface area (Å²) >= 11 is 0. The Morgan fingerprint density at radius 3 is 2.94 bits per heavy atom. The lowest BCUT2D eigenvalue weighted by Crippen LogP contribution is -2.24. The number of ether oxygens (including phenoxy) is 1. The molecule has 1 heterocycles. The summed E-state index contributed by atoms with van der Waals surface area (Å²) in [5.74, 6) is 0.781. The zero-order valence-electron chi connectivity index (χ0n) is 11.0. The molecule has 96 valence electrons. The Morgan fingerprint density at radius 2 is 2.19 bits per heavy atom. The molecule has 3 heteroatoms. The number of hydrogen-bond acceptors (Lipinski definition) is 3. The first-order valence-corrected chi connectivity index (χ1v) is 6.78. The van der Waals surface area contributed by atoms with E-state index in [2.05, 4.69) is 17.1 Å². The van der Waals surface area contributed by atoms with Gasteiger partial charge in [-0.2, -0.15) is 0 Å². The molecule has 1 N–H and O–H groups in total. The first kappa shape index (κ1) is 13.9. The lowest BCUT2D eigenvalue weighted by Gasteiger charge is -2.15. The number of unbranched alkanes of at least 4 members (excludes halogenated alkanes) is 1. The minimum Gasteiger partial charge on any atom is -0.384 e. The summed E-state index contributed by atoms with van der Waals surface area (Å²) in [6.45, 7) is 9.30. The summed E-state index contributed by atoms with van der Waals surface area (Å²) in [5.41, 5.74) is 0. The number of nitrogens with one attached hydrogen (secondary N) is 1. The SMILES string of the molecule is CCCNCCCCN1CCC(COC)C1. The Bertz CT molecular complexity index is 164. The van der Waals surface area contributed by atoms with Crippen molar-refractivity contribution in [3.05, 3.63) is 0 Å². The van der Waals surface area contributed by atoms with Crippen molar-refractivity contribution in [3.63, 3.8) is 0 Å². The average Bonchev–Trinajstić information content (AvgIpc) is 2.72. The highest BCUT2D eigenvalue weighted by Gasteiger charge is 2.21. The molecule has 1 aliphatic heterocycles. The Hall–Kier alpha value is -0.120. The summed E-state index contributed by atoms with van der Waals surface area (Å²) in [6.07, 6.45) is 5.20. The van der Waals surface area contributed by atoms with E-state index in [0.29, 0.717) is 0 Å². The van der Waals surface area contributed by atoms with E-state index in [1.165, 1.54) is 58.4 Å². The predicted octanol–water partition coefficient (Wildman–Crippen LogP) is 1.73. The summed E-state index contributed by atoms with van der Waals surface area (Å²) in [5, 5.41) is 3.45. The van der Waals surface area contributed by atoms with Crippen molar-refractivity contribution in [1.82, 2.24) is 10.2 Å². The zero-order valence-corrected chi connectivity index (χ0v) is 11.0. The molecule has 1 fully saturated rings. The topological polar surface area (TPSA) is 24.5 Å². The lowest BCUT2D eigenvalue weighted by atomic mass is 10.1. The molecule has 1 unspecified atom stereocenters. The molecule has 0 radical (unpaired) electrons. The summed E-state index contributed by atoms with van der Waals surface area (Å²) < 4.78 is 5.21. The van der Waals surface area contributed by atoms with E-state index in [-0.39, 0.29) is 0 Å². The lowest BCUT2D eigenvalue weighted by molar-refractivity contribution is 0.153. The molecular weight excluding hydrogens is 200 g/mol. The monoisotopic (exact) mass is 228 g/mol. The van der Waals surface area contributed by atoms with E-state index >= 15 is 0 Å². The molecular formula is C13H28N2O. The number of likely N-dealkylation sites (tertiary alicyclic amines) is 1. The largest absolute Gasteiger partial charge is 0.384 e. The van der Waals surface area contributed by atoms with Crippen LogP contribution in [0.5, 0.6) is 0 Å². The van der Waals surface area contributed by atoms with Crippen LogP contribution in [0.4, 0.5) is 0 Å². The molecule has 1 aliphatic rings. The van der Waals surface area contributed by atoms with Crippen molar-refractivity contribution < 1.29 is 4.74 Å². The van der Waals surface area contributed by atoms with Gasteiger partial charge in [0, 0.05) is 13.7 Å². The standard InChI is InChI=1S/C13H28N2O/c1-3-7-14-8-4-5-9-15-10-6-13(11-15)12-16-2/h13-14H,3-12H2,1-2H3. The minimum absolute atomic E-state index is 0.781. The second-order valence-corrected chi connectivity index (χ2v) is 4.87. The zero-order chi connectivity index (χ0) is 11.6. The third-order valence-corrected chi connectivity index (χ3v) is 3.28. The van der Waals surface area contributed by atoms with Crippen LogP contribution in [0.15, 0.2) is 0 Å². The Kier molecular flexibility index (Phi) is 7.81. The molecule has 0 aromatic heterocycles. The molecule has 1 rings (SSSR count). The van der Waals surface area contributed by atoms with Crippen molar-refractivity contribution >= 4 is 0 Å². The van der Waals surface area contributed by atoms with Crippen LogP contribution in [0.2, 0.25) is 0 Å². The van der Waals surface area contributed by atoms with Crippen molar-refractivity contribution in [3.8, 4) is 0 Å². The second kappa shape index (κ2) is 8.97. The Labute approximate surface area is 101 Å². The second-order valence-electron chi connectivity index (χ2n) is 4.87. The van der Waals surface area contributed by atoms with Crippen LogP contribution in [-0.4, -0.2) is 51.3 Å². The molecule has 1 atom stereocenters. The van der Waals surface area contributed by atoms with Crippen LogP contribution in [0, 0.1) is 5.92 Å². The molecule has 1 saturated heterocycles. The first-order chi connectivity index (χ1) is 7.86. The van der Waals surface area contributed by atoms with Crippen LogP contribution in [0.3, 0.4) is 0 Å². The van der Waals surface area contributed by atoms with Crippen LogP contribution in [0.1, 0.15) is 32.6 Å². The van der Waals surface area contributed by atoms with Gasteiger partial charge < -0.3 is 15.0 Å². The molecule has 0 aromatic rings. The summed E-state index contributed by atoms with van der Waals surface area (Å²) in [7, 11) is 1.81. The van der Waals surface area contributed by atoms with Crippen molar-refractivity contribution in [2.24, 2.45) is 5.92 Å². The van der Waals surface area contributed by atoms with Crippen LogP contribution in [-0.2, 0) is 4.74 Å². The van der Waals surface area contributed by atoms with Gasteiger partial charge in [0.25, 0.3) is 0 Å².